The van der Waals surface area contributed by atoms with Gasteiger partial charge in [0.15, 0.2) is 17.2 Å². The molecule has 0 radical (unpaired) electrons. The summed E-state index contributed by atoms with van der Waals surface area (Å²) >= 11 is 0. The molecule has 0 aliphatic rings. The smallest absolute Gasteiger partial charge is 0.182 e. The zero-order valence-electron chi connectivity index (χ0n) is 7.56. The molecular formula is C8H9N5O. The fourth-order valence-electron chi connectivity index (χ4n) is 1.25. The van der Waals surface area contributed by atoms with Gasteiger partial charge in [0, 0.05) is 6.20 Å². The molecule has 72 valence electrons. The topological polar surface area (TPSA) is 99.3 Å². The van der Waals surface area contributed by atoms with Gasteiger partial charge in [-0.25, -0.2) is 9.97 Å². The molecule has 0 unspecified atom stereocenters. The van der Waals surface area contributed by atoms with Crippen molar-refractivity contribution in [3.63, 3.8) is 0 Å². The van der Waals surface area contributed by atoms with Gasteiger partial charge in [-0.05, 0) is 6.92 Å². The quantitative estimate of drug-likeness (QED) is 0.622. The van der Waals surface area contributed by atoms with E-state index in [0.717, 1.165) is 0 Å². The number of imidazole rings is 1. The minimum Gasteiger partial charge on any atom is -0.384 e. The predicted molar refractivity (Wildman–Crippen MR) is 51.8 cm³/mol. The first-order chi connectivity index (χ1) is 6.61. The van der Waals surface area contributed by atoms with E-state index in [2.05, 4.69) is 9.97 Å². The Morgan fingerprint density at radius 3 is 2.79 bits per heavy atom. The summed E-state index contributed by atoms with van der Waals surface area (Å²) in [4.78, 5) is 19.0. The molecule has 2 rings (SSSR count). The van der Waals surface area contributed by atoms with Crippen LogP contribution in [-0.2, 0) is 0 Å². The molecule has 6 heteroatoms. The molecule has 4 N–H and O–H groups in total. The number of rotatable bonds is 1. The van der Waals surface area contributed by atoms with Crippen LogP contribution in [0.5, 0.6) is 0 Å². The molecule has 0 fully saturated rings. The number of fused-ring (bicyclic) bond motifs is 1. The highest BCUT2D eigenvalue weighted by molar-refractivity contribution is 5.98. The minimum absolute atomic E-state index is 0.135. The Labute approximate surface area is 79.6 Å². The molecule has 0 saturated heterocycles. The molecule has 0 saturated carbocycles. The zero-order valence-corrected chi connectivity index (χ0v) is 7.56. The number of nitrogens with zero attached hydrogens (tertiary/aromatic N) is 3. The summed E-state index contributed by atoms with van der Waals surface area (Å²) in [5.74, 6) is 0.475. The maximum atomic E-state index is 11.1. The number of anilines is 2. The molecule has 14 heavy (non-hydrogen) atoms. The van der Waals surface area contributed by atoms with Crippen molar-refractivity contribution in [3.8, 4) is 0 Å². The van der Waals surface area contributed by atoms with Crippen molar-refractivity contribution in [3.05, 3.63) is 18.1 Å². The fraction of sp³-hybridized carbons (Fsp3) is 0.125. The fourth-order valence-corrected chi connectivity index (χ4v) is 1.25. The van der Waals surface area contributed by atoms with Crippen molar-refractivity contribution in [1.29, 1.82) is 0 Å². The number of hydrogen-bond acceptors (Lipinski definition) is 5. The Balaban J connectivity index is 2.82. The lowest BCUT2D eigenvalue weighted by Crippen LogP contribution is -2.06. The predicted octanol–water partition coefficient (Wildman–Crippen LogP) is 0.0963. The second kappa shape index (κ2) is 2.69. The van der Waals surface area contributed by atoms with Crippen LogP contribution in [0.1, 0.15) is 17.3 Å². The van der Waals surface area contributed by atoms with Crippen LogP contribution in [0.4, 0.5) is 11.6 Å². The number of ketones is 1. The lowest BCUT2D eigenvalue weighted by Gasteiger charge is -2.03. The molecule has 0 amide bonds. The monoisotopic (exact) mass is 191 g/mol. The van der Waals surface area contributed by atoms with Crippen LogP contribution in [-0.4, -0.2) is 20.2 Å². The number of nitrogen functional groups attached to an aromatic ring is 2. The Morgan fingerprint density at radius 1 is 1.43 bits per heavy atom. The van der Waals surface area contributed by atoms with E-state index >= 15 is 0 Å². The number of Topliss-reactive ketones (excluding diaryl/α,β-unsaturated/α-hetero) is 1. The molecule has 0 aliphatic heterocycles. The number of carbonyl (C=O) groups excluding carboxylic acids is 1. The third-order valence-corrected chi connectivity index (χ3v) is 2.00. The third-order valence-electron chi connectivity index (χ3n) is 2.00. The Morgan fingerprint density at radius 2 is 2.14 bits per heavy atom. The van der Waals surface area contributed by atoms with Gasteiger partial charge >= 0.3 is 0 Å². The summed E-state index contributed by atoms with van der Waals surface area (Å²) in [7, 11) is 0. The number of hydrogen-bond donors (Lipinski definition) is 2. The molecule has 2 aromatic heterocycles. The van der Waals surface area contributed by atoms with Gasteiger partial charge in [-0.15, -0.1) is 0 Å². The van der Waals surface area contributed by atoms with Crippen LogP contribution < -0.4 is 11.5 Å². The SMILES string of the molecule is CC(=O)c1cnc2c(N)ncn2c1N. The Kier molecular flexibility index (Phi) is 1.63. The second-order valence-corrected chi connectivity index (χ2v) is 2.94. The number of carbonyl (C=O) groups is 1. The standard InChI is InChI=1S/C8H9N5O/c1-4(14)5-2-11-8-6(9)12-3-13(8)7(5)10/h2-3H,9-10H2,1H3. The van der Waals surface area contributed by atoms with Crippen LogP contribution >= 0.6 is 0 Å². The van der Waals surface area contributed by atoms with Gasteiger partial charge in [0.05, 0.1) is 5.56 Å². The maximum absolute atomic E-state index is 11.1. The van der Waals surface area contributed by atoms with Gasteiger partial charge in [0.2, 0.25) is 0 Å². The average Bonchev–Trinajstić information content (AvgIpc) is 2.49. The first-order valence-corrected chi connectivity index (χ1v) is 3.99. The lowest BCUT2D eigenvalue weighted by molar-refractivity contribution is 0.101. The van der Waals surface area contributed by atoms with Crippen molar-refractivity contribution in [2.75, 3.05) is 11.5 Å². The maximum Gasteiger partial charge on any atom is 0.182 e. The third kappa shape index (κ3) is 1.00. The van der Waals surface area contributed by atoms with E-state index in [0.29, 0.717) is 22.8 Å². The number of nitrogens with two attached hydrogens (primary N) is 2. The largest absolute Gasteiger partial charge is 0.384 e. The molecule has 0 atom stereocenters. The van der Waals surface area contributed by atoms with Gasteiger partial charge in [-0.3, -0.25) is 9.20 Å². The molecule has 0 aromatic carbocycles. The summed E-state index contributed by atoms with van der Waals surface area (Å²) in [5, 5.41) is 0. The van der Waals surface area contributed by atoms with Crippen LogP contribution in [0, 0.1) is 0 Å². The highest BCUT2D eigenvalue weighted by atomic mass is 16.1. The van der Waals surface area contributed by atoms with Crippen LogP contribution in [0.15, 0.2) is 12.5 Å². The van der Waals surface area contributed by atoms with E-state index in [1.165, 1.54) is 23.8 Å². The number of aromatic nitrogens is 3. The van der Waals surface area contributed by atoms with Crippen LogP contribution in [0.3, 0.4) is 0 Å². The Bertz CT molecular complexity index is 516. The minimum atomic E-state index is -0.135. The molecule has 0 spiro atoms. The highest BCUT2D eigenvalue weighted by Crippen LogP contribution is 2.16. The van der Waals surface area contributed by atoms with Crippen molar-refractivity contribution < 1.29 is 4.79 Å². The van der Waals surface area contributed by atoms with Gasteiger partial charge in [0.25, 0.3) is 0 Å². The summed E-state index contributed by atoms with van der Waals surface area (Å²) in [5.41, 5.74) is 12.1. The van der Waals surface area contributed by atoms with E-state index in [9.17, 15) is 4.79 Å². The van der Waals surface area contributed by atoms with Gasteiger partial charge in [0.1, 0.15) is 12.1 Å². The van der Waals surface area contributed by atoms with Gasteiger partial charge in [-0.2, -0.15) is 0 Å². The summed E-state index contributed by atoms with van der Waals surface area (Å²) in [6.07, 6.45) is 2.85. The van der Waals surface area contributed by atoms with E-state index < -0.39 is 0 Å². The van der Waals surface area contributed by atoms with E-state index in [-0.39, 0.29) is 5.78 Å². The van der Waals surface area contributed by atoms with Gasteiger partial charge in [-0.1, -0.05) is 0 Å². The first-order valence-electron chi connectivity index (χ1n) is 3.99. The lowest BCUT2D eigenvalue weighted by atomic mass is 10.2. The summed E-state index contributed by atoms with van der Waals surface area (Å²) in [6, 6.07) is 0. The van der Waals surface area contributed by atoms with Crippen LogP contribution in [0.2, 0.25) is 0 Å². The van der Waals surface area contributed by atoms with Crippen molar-refractivity contribution in [2.45, 2.75) is 6.92 Å². The van der Waals surface area contributed by atoms with Crippen molar-refractivity contribution >= 4 is 23.1 Å². The molecule has 0 aliphatic carbocycles. The Hall–Kier alpha value is -2.11. The molecule has 2 aromatic rings. The highest BCUT2D eigenvalue weighted by Gasteiger charge is 2.11. The van der Waals surface area contributed by atoms with E-state index in [1.54, 1.807) is 0 Å². The second-order valence-electron chi connectivity index (χ2n) is 2.94. The summed E-state index contributed by atoms with van der Waals surface area (Å²) < 4.78 is 1.49. The molecule has 2 heterocycles. The molecular weight excluding hydrogens is 182 g/mol. The molecule has 0 bridgehead atoms. The van der Waals surface area contributed by atoms with Crippen molar-refractivity contribution in [2.24, 2.45) is 0 Å². The normalized spacial score (nSPS) is 10.6. The molecule has 6 nitrogen and oxygen atoms in total. The zero-order chi connectivity index (χ0) is 10.3. The first kappa shape index (κ1) is 8.49. The van der Waals surface area contributed by atoms with Crippen LogP contribution in [0.25, 0.3) is 5.65 Å². The van der Waals surface area contributed by atoms with E-state index in [1.807, 2.05) is 0 Å². The van der Waals surface area contributed by atoms with Crippen molar-refractivity contribution in [1.82, 2.24) is 14.4 Å². The van der Waals surface area contributed by atoms with E-state index in [4.69, 9.17) is 11.5 Å². The van der Waals surface area contributed by atoms with Gasteiger partial charge < -0.3 is 11.5 Å². The average molecular weight is 191 g/mol. The summed E-state index contributed by atoms with van der Waals surface area (Å²) in [6.45, 7) is 1.43.